The summed E-state index contributed by atoms with van der Waals surface area (Å²) in [6.45, 7) is 0.375. The van der Waals surface area contributed by atoms with Crippen molar-refractivity contribution < 1.29 is 39.9 Å². The van der Waals surface area contributed by atoms with Gasteiger partial charge in [-0.1, -0.05) is 0 Å². The van der Waals surface area contributed by atoms with E-state index in [0.29, 0.717) is 23.5 Å². The van der Waals surface area contributed by atoms with Crippen LogP contribution in [0.2, 0.25) is 0 Å². The summed E-state index contributed by atoms with van der Waals surface area (Å²) in [6.07, 6.45) is -3.68. The number of aryl methyl sites for hydroxylation is 1. The smallest absolute Gasteiger partial charge is 0.375 e. The normalized spacial score (nSPS) is 17.2. The average molecular weight is 576 g/mol. The van der Waals surface area contributed by atoms with Gasteiger partial charge < -0.3 is 14.5 Å². The summed E-state index contributed by atoms with van der Waals surface area (Å²) in [5, 5.41) is 1.58. The fourth-order valence-corrected chi connectivity index (χ4v) is 5.40. The molecule has 1 aliphatic heterocycles. The second-order valence-electron chi connectivity index (χ2n) is 9.30. The van der Waals surface area contributed by atoms with Gasteiger partial charge in [0.1, 0.15) is 23.8 Å². The molecule has 1 amide bonds. The van der Waals surface area contributed by atoms with Gasteiger partial charge in [0.2, 0.25) is 0 Å². The Labute approximate surface area is 221 Å². The largest absolute Gasteiger partial charge is 0.405 e. The van der Waals surface area contributed by atoms with E-state index in [4.69, 9.17) is 4.74 Å². The first-order valence-electron chi connectivity index (χ1n) is 11.8. The quantitative estimate of drug-likeness (QED) is 0.438. The van der Waals surface area contributed by atoms with Gasteiger partial charge >= 0.3 is 6.18 Å². The first kappa shape index (κ1) is 28.9. The van der Waals surface area contributed by atoms with Crippen molar-refractivity contribution in [2.45, 2.75) is 25.6 Å². The minimum absolute atomic E-state index is 0.0116. The molecule has 0 unspecified atom stereocenters. The third-order valence-corrected chi connectivity index (χ3v) is 8.09. The van der Waals surface area contributed by atoms with Crippen LogP contribution >= 0.6 is 0 Å². The summed E-state index contributed by atoms with van der Waals surface area (Å²) in [5.74, 6) is -3.69. The zero-order valence-electron chi connectivity index (χ0n) is 21.2. The Hall–Kier alpha value is -3.14. The summed E-state index contributed by atoms with van der Waals surface area (Å²) in [7, 11) is -0.915. The van der Waals surface area contributed by atoms with Crippen LogP contribution in [-0.4, -0.2) is 84.9 Å². The number of hydrogen-bond acceptors (Lipinski definition) is 5. The number of alkyl halides is 3. The van der Waals surface area contributed by atoms with Crippen molar-refractivity contribution in [2.75, 3.05) is 40.3 Å². The summed E-state index contributed by atoms with van der Waals surface area (Å²) < 4.78 is 103. The Morgan fingerprint density at radius 3 is 2.49 bits per heavy atom. The zero-order chi connectivity index (χ0) is 28.7. The fourth-order valence-electron chi connectivity index (χ4n) is 4.28. The highest BCUT2D eigenvalue weighted by molar-refractivity contribution is 7.86. The van der Waals surface area contributed by atoms with Crippen LogP contribution in [0.4, 0.5) is 22.0 Å². The summed E-state index contributed by atoms with van der Waals surface area (Å²) in [4.78, 5) is 16.5. The Morgan fingerprint density at radius 1 is 1.21 bits per heavy atom. The fraction of sp³-hybridized carbons (Fsp3) is 0.417. The molecule has 1 fully saturated rings. The van der Waals surface area contributed by atoms with Gasteiger partial charge in [0.25, 0.3) is 16.1 Å². The molecule has 1 N–H and O–H groups in total. The van der Waals surface area contributed by atoms with Crippen molar-refractivity contribution in [2.24, 2.45) is 0 Å². The molecule has 1 atom stereocenters. The van der Waals surface area contributed by atoms with Crippen molar-refractivity contribution in [3.63, 3.8) is 0 Å². The topological polar surface area (TPSA) is 96.3 Å². The first-order chi connectivity index (χ1) is 18.2. The lowest BCUT2D eigenvalue weighted by Gasteiger charge is -2.33. The number of pyridine rings is 1. The van der Waals surface area contributed by atoms with Crippen LogP contribution in [0.5, 0.6) is 0 Å². The zero-order valence-corrected chi connectivity index (χ0v) is 22.0. The minimum Gasteiger partial charge on any atom is -0.375 e. The van der Waals surface area contributed by atoms with E-state index in [-0.39, 0.29) is 31.8 Å². The van der Waals surface area contributed by atoms with Gasteiger partial charge in [-0.3, -0.25) is 4.79 Å². The number of rotatable bonds is 7. The maximum absolute atomic E-state index is 15.3. The molecule has 4 rings (SSSR count). The van der Waals surface area contributed by atoms with Gasteiger partial charge in [0, 0.05) is 45.4 Å². The number of amides is 1. The van der Waals surface area contributed by atoms with E-state index >= 15 is 8.78 Å². The van der Waals surface area contributed by atoms with Crippen LogP contribution < -0.4 is 5.32 Å². The number of halogens is 5. The number of nitrogens with one attached hydrogen (secondary N) is 1. The molecule has 0 aliphatic carbocycles. The van der Waals surface area contributed by atoms with Crippen molar-refractivity contribution in [1.82, 2.24) is 23.3 Å². The van der Waals surface area contributed by atoms with Crippen LogP contribution in [0.1, 0.15) is 21.6 Å². The summed E-state index contributed by atoms with van der Waals surface area (Å²) >= 11 is 0. The number of imidazole rings is 1. The third kappa shape index (κ3) is 6.21. The molecule has 1 aromatic carbocycles. The second-order valence-corrected chi connectivity index (χ2v) is 11.4. The molecule has 9 nitrogen and oxygen atoms in total. The van der Waals surface area contributed by atoms with Crippen molar-refractivity contribution in [3.8, 4) is 11.3 Å². The molecule has 212 valence electrons. The predicted molar refractivity (Wildman–Crippen MR) is 131 cm³/mol. The molecule has 0 bridgehead atoms. The molecule has 39 heavy (non-hydrogen) atoms. The Balaban J connectivity index is 1.73. The van der Waals surface area contributed by atoms with E-state index in [1.807, 2.05) is 0 Å². The molecule has 0 saturated carbocycles. The minimum atomic E-state index is -4.70. The molecule has 3 aromatic rings. The lowest BCUT2D eigenvalue weighted by molar-refractivity contribution is -0.123. The lowest BCUT2D eigenvalue weighted by atomic mass is 10.0. The van der Waals surface area contributed by atoms with E-state index in [9.17, 15) is 26.4 Å². The molecule has 15 heteroatoms. The van der Waals surface area contributed by atoms with Crippen molar-refractivity contribution >= 4 is 21.8 Å². The third-order valence-electron chi connectivity index (χ3n) is 6.18. The molecule has 1 aliphatic rings. The summed E-state index contributed by atoms with van der Waals surface area (Å²) in [5.41, 5.74) is 0.201. The molecule has 0 radical (unpaired) electrons. The Bertz CT molecular complexity index is 1480. The maximum atomic E-state index is 15.3. The lowest BCUT2D eigenvalue weighted by Crippen LogP contribution is -2.50. The van der Waals surface area contributed by atoms with E-state index in [2.05, 4.69) is 4.98 Å². The number of morpholine rings is 1. The Kier molecular flexibility index (Phi) is 7.98. The predicted octanol–water partition coefficient (Wildman–Crippen LogP) is 2.93. The second kappa shape index (κ2) is 10.8. The van der Waals surface area contributed by atoms with Crippen LogP contribution in [0, 0.1) is 18.6 Å². The van der Waals surface area contributed by atoms with Crippen LogP contribution in [0.15, 0.2) is 30.5 Å². The molecular formula is C24H26F5N5O4S. The van der Waals surface area contributed by atoms with Gasteiger partial charge in [0.15, 0.2) is 0 Å². The Morgan fingerprint density at radius 2 is 1.87 bits per heavy atom. The van der Waals surface area contributed by atoms with Crippen LogP contribution in [-0.2, 0) is 21.4 Å². The van der Waals surface area contributed by atoms with Gasteiger partial charge in [0.05, 0.1) is 29.7 Å². The first-order valence-corrected chi connectivity index (χ1v) is 13.2. The number of ether oxygens (including phenoxy) is 1. The van der Waals surface area contributed by atoms with E-state index in [1.165, 1.54) is 18.4 Å². The molecule has 0 spiro atoms. The number of carbonyl (C=O) groups is 1. The molecule has 2 aromatic heterocycles. The number of fused-ring (bicyclic) bond motifs is 1. The molecule has 1 saturated heterocycles. The van der Waals surface area contributed by atoms with Gasteiger partial charge in [-0.2, -0.15) is 30.2 Å². The number of nitrogens with zero attached hydrogens (tertiary/aromatic N) is 4. The standard InChI is InChI=1S/C24H26F5N5O4S/c1-14-4-5-34-19(11-16-12-33(6-7-38-16)39(36,37)32(2)3)22(31-20(34)8-14)21-17(25)9-15(10-18(21)26)23(35)30-13-24(27,28)29/h4-5,8-10,16H,6-7,11-13H2,1-3H3,(H,30,35)/t16-/m0/s1. The van der Waals surface area contributed by atoms with Gasteiger partial charge in [-0.15, -0.1) is 0 Å². The highest BCUT2D eigenvalue weighted by atomic mass is 32.2. The number of carbonyl (C=O) groups excluding carboxylic acids is 1. The summed E-state index contributed by atoms with van der Waals surface area (Å²) in [6, 6.07) is 4.73. The SMILES string of the molecule is Cc1ccn2c(C[C@H]3CN(S(=O)(=O)N(C)C)CCO3)c(-c3c(F)cc(C(=O)NCC(F)(F)F)cc3F)nc2c1. The van der Waals surface area contributed by atoms with E-state index in [1.54, 1.807) is 35.0 Å². The molecule has 3 heterocycles. The number of hydrogen-bond donors (Lipinski definition) is 1. The van der Waals surface area contributed by atoms with Crippen molar-refractivity contribution in [1.29, 1.82) is 0 Å². The van der Waals surface area contributed by atoms with Gasteiger partial charge in [-0.25, -0.2) is 13.8 Å². The maximum Gasteiger partial charge on any atom is 0.405 e. The highest BCUT2D eigenvalue weighted by Crippen LogP contribution is 2.32. The van der Waals surface area contributed by atoms with Crippen LogP contribution in [0.25, 0.3) is 16.9 Å². The van der Waals surface area contributed by atoms with Crippen molar-refractivity contribution in [3.05, 3.63) is 58.9 Å². The highest BCUT2D eigenvalue weighted by Gasteiger charge is 2.33. The van der Waals surface area contributed by atoms with E-state index < -0.39 is 57.7 Å². The number of aromatic nitrogens is 2. The average Bonchev–Trinajstić information content (AvgIpc) is 3.18. The number of benzene rings is 1. The van der Waals surface area contributed by atoms with Crippen LogP contribution in [0.3, 0.4) is 0 Å². The van der Waals surface area contributed by atoms with Gasteiger partial charge in [-0.05, 0) is 36.8 Å². The van der Waals surface area contributed by atoms with E-state index in [0.717, 1.165) is 9.87 Å². The monoisotopic (exact) mass is 575 g/mol. The molecular weight excluding hydrogens is 549 g/mol.